The first-order valence-electron chi connectivity index (χ1n) is 6.16. The number of hydrogen-bond acceptors (Lipinski definition) is 3. The standard InChI is InChI=1S/C14H23N3O/c1-14(2,3)11-7-5-10(6-8-11)12(15)9-13(18)17-16-4/h5-8,12,16H,9,15H2,1-4H3,(H,17,18). The van der Waals surface area contributed by atoms with Crippen molar-refractivity contribution in [2.24, 2.45) is 5.73 Å². The van der Waals surface area contributed by atoms with Gasteiger partial charge in [-0.15, -0.1) is 0 Å². The van der Waals surface area contributed by atoms with Crippen molar-refractivity contribution >= 4 is 5.91 Å². The lowest BCUT2D eigenvalue weighted by atomic mass is 9.86. The summed E-state index contributed by atoms with van der Waals surface area (Å²) in [7, 11) is 1.65. The van der Waals surface area contributed by atoms with Gasteiger partial charge in [0.1, 0.15) is 0 Å². The molecule has 100 valence electrons. The second-order valence-corrected chi connectivity index (χ2v) is 5.48. The van der Waals surface area contributed by atoms with Gasteiger partial charge in [-0.25, -0.2) is 5.43 Å². The second kappa shape index (κ2) is 5.98. The van der Waals surface area contributed by atoms with Crippen LogP contribution in [0.25, 0.3) is 0 Å². The number of carbonyl (C=O) groups excluding carboxylic acids is 1. The van der Waals surface area contributed by atoms with Crippen molar-refractivity contribution in [3.63, 3.8) is 0 Å². The third-order valence-electron chi connectivity index (χ3n) is 2.87. The Morgan fingerprint density at radius 1 is 1.28 bits per heavy atom. The number of nitrogens with one attached hydrogen (secondary N) is 2. The fourth-order valence-electron chi connectivity index (χ4n) is 1.74. The van der Waals surface area contributed by atoms with Crippen LogP contribution in [0.4, 0.5) is 0 Å². The van der Waals surface area contributed by atoms with Gasteiger partial charge in [0.05, 0.1) is 0 Å². The topological polar surface area (TPSA) is 67.1 Å². The summed E-state index contributed by atoms with van der Waals surface area (Å²) in [5.41, 5.74) is 13.5. The maximum absolute atomic E-state index is 11.4. The van der Waals surface area contributed by atoms with Crippen LogP contribution in [0.5, 0.6) is 0 Å². The van der Waals surface area contributed by atoms with Gasteiger partial charge in [0.25, 0.3) is 0 Å². The van der Waals surface area contributed by atoms with Gasteiger partial charge >= 0.3 is 0 Å². The molecule has 0 saturated heterocycles. The van der Waals surface area contributed by atoms with Gasteiger partial charge in [-0.1, -0.05) is 45.0 Å². The summed E-state index contributed by atoms with van der Waals surface area (Å²) in [5.74, 6) is -0.107. The molecular formula is C14H23N3O. The Hall–Kier alpha value is -1.39. The van der Waals surface area contributed by atoms with Crippen LogP contribution in [0.3, 0.4) is 0 Å². The molecule has 0 heterocycles. The summed E-state index contributed by atoms with van der Waals surface area (Å²) in [6, 6.07) is 7.87. The molecule has 1 aromatic carbocycles. The second-order valence-electron chi connectivity index (χ2n) is 5.48. The Morgan fingerprint density at radius 2 is 1.83 bits per heavy atom. The lowest BCUT2D eigenvalue weighted by Gasteiger charge is -2.20. The highest BCUT2D eigenvalue weighted by molar-refractivity contribution is 5.76. The molecule has 0 fully saturated rings. The van der Waals surface area contributed by atoms with Crippen molar-refractivity contribution in [1.82, 2.24) is 10.9 Å². The van der Waals surface area contributed by atoms with Crippen LogP contribution in [0.15, 0.2) is 24.3 Å². The lowest BCUT2D eigenvalue weighted by molar-refractivity contribution is -0.122. The van der Waals surface area contributed by atoms with Crippen molar-refractivity contribution in [1.29, 1.82) is 0 Å². The Morgan fingerprint density at radius 3 is 2.28 bits per heavy atom. The van der Waals surface area contributed by atoms with Crippen LogP contribution in [0, 0.1) is 0 Å². The smallest absolute Gasteiger partial charge is 0.235 e. The Kier molecular flexibility index (Phi) is 4.87. The summed E-state index contributed by atoms with van der Waals surface area (Å²) < 4.78 is 0. The van der Waals surface area contributed by atoms with Gasteiger partial charge in [-0.3, -0.25) is 10.2 Å². The summed E-state index contributed by atoms with van der Waals surface area (Å²) in [6.07, 6.45) is 0.274. The summed E-state index contributed by atoms with van der Waals surface area (Å²) in [6.45, 7) is 6.51. The molecule has 1 aromatic rings. The lowest BCUT2D eigenvalue weighted by Crippen LogP contribution is -2.36. The SMILES string of the molecule is CNNC(=O)CC(N)c1ccc(C(C)(C)C)cc1. The number of hydrogen-bond donors (Lipinski definition) is 3. The summed E-state index contributed by atoms with van der Waals surface area (Å²) >= 11 is 0. The van der Waals surface area contributed by atoms with Crippen LogP contribution < -0.4 is 16.6 Å². The molecule has 1 unspecified atom stereocenters. The van der Waals surface area contributed by atoms with Crippen LogP contribution in [-0.4, -0.2) is 13.0 Å². The van der Waals surface area contributed by atoms with E-state index in [4.69, 9.17) is 5.73 Å². The molecule has 0 spiro atoms. The van der Waals surface area contributed by atoms with E-state index in [0.29, 0.717) is 0 Å². The minimum absolute atomic E-state index is 0.107. The number of benzene rings is 1. The zero-order chi connectivity index (χ0) is 13.8. The minimum atomic E-state index is -0.271. The minimum Gasteiger partial charge on any atom is -0.324 e. The highest BCUT2D eigenvalue weighted by Crippen LogP contribution is 2.24. The van der Waals surface area contributed by atoms with Crippen LogP contribution >= 0.6 is 0 Å². The van der Waals surface area contributed by atoms with Crippen LogP contribution in [-0.2, 0) is 10.2 Å². The molecule has 0 aliphatic rings. The number of rotatable bonds is 4. The predicted molar refractivity (Wildman–Crippen MR) is 73.9 cm³/mol. The Labute approximate surface area is 109 Å². The molecule has 0 bridgehead atoms. The maximum Gasteiger partial charge on any atom is 0.235 e. The summed E-state index contributed by atoms with van der Waals surface area (Å²) in [4.78, 5) is 11.4. The molecule has 0 radical (unpaired) electrons. The van der Waals surface area contributed by atoms with E-state index in [1.165, 1.54) is 5.56 Å². The zero-order valence-electron chi connectivity index (χ0n) is 11.6. The highest BCUT2D eigenvalue weighted by atomic mass is 16.2. The maximum atomic E-state index is 11.4. The largest absolute Gasteiger partial charge is 0.324 e. The fourth-order valence-corrected chi connectivity index (χ4v) is 1.74. The number of carbonyl (C=O) groups is 1. The van der Waals surface area contributed by atoms with Crippen LogP contribution in [0.2, 0.25) is 0 Å². The molecule has 0 aliphatic carbocycles. The highest BCUT2D eigenvalue weighted by Gasteiger charge is 2.15. The number of amides is 1. The van der Waals surface area contributed by atoms with Gasteiger partial charge in [0, 0.05) is 19.5 Å². The molecule has 0 aromatic heterocycles. The molecule has 0 saturated carbocycles. The van der Waals surface area contributed by atoms with Crippen LogP contribution in [0.1, 0.15) is 44.4 Å². The van der Waals surface area contributed by atoms with E-state index < -0.39 is 0 Å². The van der Waals surface area contributed by atoms with E-state index in [1.54, 1.807) is 7.05 Å². The number of hydrazine groups is 1. The molecule has 1 rings (SSSR count). The first-order valence-corrected chi connectivity index (χ1v) is 6.16. The van der Waals surface area contributed by atoms with Gasteiger partial charge in [-0.05, 0) is 16.5 Å². The van der Waals surface area contributed by atoms with Gasteiger partial charge in [0.2, 0.25) is 5.91 Å². The predicted octanol–water partition coefficient (Wildman–Crippen LogP) is 1.62. The Balaban J connectivity index is 2.70. The van der Waals surface area contributed by atoms with E-state index in [9.17, 15) is 4.79 Å². The van der Waals surface area contributed by atoms with Crippen molar-refractivity contribution in [2.45, 2.75) is 38.6 Å². The van der Waals surface area contributed by atoms with E-state index in [1.807, 2.05) is 12.1 Å². The molecule has 0 aliphatic heterocycles. The summed E-state index contributed by atoms with van der Waals surface area (Å²) in [5, 5.41) is 0. The van der Waals surface area contributed by atoms with E-state index in [0.717, 1.165) is 5.56 Å². The van der Waals surface area contributed by atoms with Crippen molar-refractivity contribution in [3.05, 3.63) is 35.4 Å². The molecule has 4 heteroatoms. The third-order valence-corrected chi connectivity index (χ3v) is 2.87. The zero-order valence-corrected chi connectivity index (χ0v) is 11.6. The van der Waals surface area contributed by atoms with E-state index >= 15 is 0 Å². The van der Waals surface area contributed by atoms with Gasteiger partial charge in [0.15, 0.2) is 0 Å². The Bertz CT molecular complexity index is 392. The molecule has 4 nitrogen and oxygen atoms in total. The van der Waals surface area contributed by atoms with Crippen molar-refractivity contribution in [3.8, 4) is 0 Å². The average Bonchev–Trinajstić information content (AvgIpc) is 2.28. The quantitative estimate of drug-likeness (QED) is 0.710. The monoisotopic (exact) mass is 249 g/mol. The van der Waals surface area contributed by atoms with Crippen molar-refractivity contribution in [2.75, 3.05) is 7.05 Å². The molecular weight excluding hydrogens is 226 g/mol. The fraction of sp³-hybridized carbons (Fsp3) is 0.500. The van der Waals surface area contributed by atoms with Crippen molar-refractivity contribution < 1.29 is 4.79 Å². The molecule has 1 atom stereocenters. The third kappa shape index (κ3) is 4.13. The first-order chi connectivity index (χ1) is 8.34. The molecule has 1 amide bonds. The van der Waals surface area contributed by atoms with E-state index in [-0.39, 0.29) is 23.8 Å². The van der Waals surface area contributed by atoms with Gasteiger partial charge in [-0.2, -0.15) is 0 Å². The molecule has 18 heavy (non-hydrogen) atoms. The van der Waals surface area contributed by atoms with Gasteiger partial charge < -0.3 is 5.73 Å². The molecule has 4 N–H and O–H groups in total. The normalized spacial score (nSPS) is 13.2. The first kappa shape index (κ1) is 14.7. The van der Waals surface area contributed by atoms with E-state index in [2.05, 4.69) is 43.8 Å². The number of nitrogens with two attached hydrogens (primary N) is 1. The average molecular weight is 249 g/mol.